The van der Waals surface area contributed by atoms with Gasteiger partial charge in [0.05, 0.1) is 7.11 Å². The summed E-state index contributed by atoms with van der Waals surface area (Å²) in [6.45, 7) is 5.09. The van der Waals surface area contributed by atoms with E-state index < -0.39 is 0 Å². The van der Waals surface area contributed by atoms with E-state index in [1.165, 1.54) is 7.11 Å². The number of nitrogens with zero attached hydrogens (tertiary/aromatic N) is 1. The quantitative estimate of drug-likeness (QED) is 0.448. The summed E-state index contributed by atoms with van der Waals surface area (Å²) >= 11 is 0. The van der Waals surface area contributed by atoms with E-state index in [-0.39, 0.29) is 6.09 Å². The van der Waals surface area contributed by atoms with Gasteiger partial charge in [-0.1, -0.05) is 0 Å². The van der Waals surface area contributed by atoms with Crippen molar-refractivity contribution in [2.75, 3.05) is 53.4 Å². The molecule has 0 bridgehead atoms. The lowest BCUT2D eigenvalue weighted by molar-refractivity contribution is 0.122. The maximum absolute atomic E-state index is 11.5. The van der Waals surface area contributed by atoms with Crippen LogP contribution in [0.1, 0.15) is 25.7 Å². The number of unbranched alkanes of at least 4 members (excludes halogenated alkanes) is 1. The molecule has 0 spiro atoms. The third-order valence-corrected chi connectivity index (χ3v) is 2.88. The Morgan fingerprint density at radius 2 is 1.79 bits per heavy atom. The highest BCUT2D eigenvalue weighted by Crippen LogP contribution is 1.99. The Morgan fingerprint density at radius 1 is 1.11 bits per heavy atom. The standard InChI is InChI=1S/C13H30N4O2/c1-15-8-6-10-16-9-3-4-11-17(12-5-7-14)13(18)19-2/h15-16H,3-12,14H2,1-2H3. The van der Waals surface area contributed by atoms with E-state index in [4.69, 9.17) is 10.5 Å². The molecule has 0 aromatic heterocycles. The summed E-state index contributed by atoms with van der Waals surface area (Å²) in [6, 6.07) is 0. The second-order valence-electron chi connectivity index (χ2n) is 4.51. The Bertz CT molecular complexity index is 215. The number of nitrogens with one attached hydrogen (secondary N) is 2. The molecule has 0 atom stereocenters. The van der Waals surface area contributed by atoms with Crippen molar-refractivity contribution in [1.82, 2.24) is 15.5 Å². The van der Waals surface area contributed by atoms with Gasteiger partial charge in [0.15, 0.2) is 0 Å². The summed E-state index contributed by atoms with van der Waals surface area (Å²) in [5, 5.41) is 6.50. The van der Waals surface area contributed by atoms with Crippen molar-refractivity contribution < 1.29 is 9.53 Å². The Labute approximate surface area is 117 Å². The van der Waals surface area contributed by atoms with Gasteiger partial charge in [-0.3, -0.25) is 0 Å². The number of amides is 1. The minimum Gasteiger partial charge on any atom is -0.453 e. The Balaban J connectivity index is 3.55. The van der Waals surface area contributed by atoms with Gasteiger partial charge < -0.3 is 26.0 Å². The largest absolute Gasteiger partial charge is 0.453 e. The van der Waals surface area contributed by atoms with Crippen LogP contribution in [0.4, 0.5) is 4.79 Å². The maximum atomic E-state index is 11.5. The molecule has 4 N–H and O–H groups in total. The number of ether oxygens (including phenoxy) is 1. The van der Waals surface area contributed by atoms with Crippen molar-refractivity contribution in [3.63, 3.8) is 0 Å². The van der Waals surface area contributed by atoms with E-state index in [1.807, 2.05) is 7.05 Å². The lowest BCUT2D eigenvalue weighted by atomic mass is 10.2. The molecule has 6 nitrogen and oxygen atoms in total. The van der Waals surface area contributed by atoms with Crippen LogP contribution in [0.15, 0.2) is 0 Å². The molecule has 6 heteroatoms. The lowest BCUT2D eigenvalue weighted by Gasteiger charge is -2.20. The van der Waals surface area contributed by atoms with Gasteiger partial charge >= 0.3 is 6.09 Å². The number of rotatable bonds is 12. The second-order valence-corrected chi connectivity index (χ2v) is 4.51. The predicted molar refractivity (Wildman–Crippen MR) is 78.3 cm³/mol. The maximum Gasteiger partial charge on any atom is 0.409 e. The van der Waals surface area contributed by atoms with E-state index >= 15 is 0 Å². The molecule has 19 heavy (non-hydrogen) atoms. The molecule has 0 aliphatic heterocycles. The summed E-state index contributed by atoms with van der Waals surface area (Å²) in [4.78, 5) is 13.2. The molecule has 0 aromatic carbocycles. The van der Waals surface area contributed by atoms with E-state index in [0.717, 1.165) is 51.9 Å². The molecule has 0 rings (SSSR count). The van der Waals surface area contributed by atoms with Crippen LogP contribution in [0.3, 0.4) is 0 Å². The zero-order chi connectivity index (χ0) is 14.3. The second kappa shape index (κ2) is 13.6. The molecule has 0 saturated heterocycles. The predicted octanol–water partition coefficient (Wildman–Crippen LogP) is 0.383. The van der Waals surface area contributed by atoms with E-state index in [2.05, 4.69) is 10.6 Å². The first-order chi connectivity index (χ1) is 9.26. The topological polar surface area (TPSA) is 79.6 Å². The number of carbonyl (C=O) groups excluding carboxylic acids is 1. The summed E-state index contributed by atoms with van der Waals surface area (Å²) < 4.78 is 4.76. The molecule has 0 aliphatic carbocycles. The van der Waals surface area contributed by atoms with Crippen molar-refractivity contribution in [2.45, 2.75) is 25.7 Å². The highest BCUT2D eigenvalue weighted by Gasteiger charge is 2.11. The van der Waals surface area contributed by atoms with E-state index in [1.54, 1.807) is 4.90 Å². The molecular formula is C13H30N4O2. The highest BCUT2D eigenvalue weighted by atomic mass is 16.5. The first-order valence-electron chi connectivity index (χ1n) is 7.14. The third-order valence-electron chi connectivity index (χ3n) is 2.88. The van der Waals surface area contributed by atoms with Gasteiger partial charge in [-0.2, -0.15) is 0 Å². The summed E-state index contributed by atoms with van der Waals surface area (Å²) in [5.74, 6) is 0. The van der Waals surface area contributed by atoms with Crippen LogP contribution in [0.2, 0.25) is 0 Å². The fraction of sp³-hybridized carbons (Fsp3) is 0.923. The van der Waals surface area contributed by atoms with Gasteiger partial charge in [0.2, 0.25) is 0 Å². The number of nitrogens with two attached hydrogens (primary N) is 1. The molecule has 0 radical (unpaired) electrons. The first kappa shape index (κ1) is 18.1. The summed E-state index contributed by atoms with van der Waals surface area (Å²) in [6.07, 6.45) is 3.75. The monoisotopic (exact) mass is 274 g/mol. The fourth-order valence-corrected chi connectivity index (χ4v) is 1.77. The zero-order valence-corrected chi connectivity index (χ0v) is 12.4. The Hall–Kier alpha value is -0.850. The highest BCUT2D eigenvalue weighted by molar-refractivity contribution is 5.67. The molecule has 114 valence electrons. The average Bonchev–Trinajstić information content (AvgIpc) is 2.44. The van der Waals surface area contributed by atoms with Crippen LogP contribution in [0, 0.1) is 0 Å². The third kappa shape index (κ3) is 10.7. The van der Waals surface area contributed by atoms with Gasteiger partial charge in [-0.05, 0) is 58.9 Å². The van der Waals surface area contributed by atoms with E-state index in [9.17, 15) is 4.79 Å². The lowest BCUT2D eigenvalue weighted by Crippen LogP contribution is -2.34. The van der Waals surface area contributed by atoms with Crippen molar-refractivity contribution in [2.24, 2.45) is 5.73 Å². The smallest absolute Gasteiger partial charge is 0.409 e. The zero-order valence-electron chi connectivity index (χ0n) is 12.4. The fourth-order valence-electron chi connectivity index (χ4n) is 1.77. The number of hydrogen-bond acceptors (Lipinski definition) is 5. The van der Waals surface area contributed by atoms with Crippen molar-refractivity contribution in [1.29, 1.82) is 0 Å². The van der Waals surface area contributed by atoms with Crippen LogP contribution in [-0.4, -0.2) is 64.4 Å². The van der Waals surface area contributed by atoms with Crippen LogP contribution in [0.25, 0.3) is 0 Å². The number of methoxy groups -OCH3 is 1. The molecule has 0 heterocycles. The number of hydrogen-bond donors (Lipinski definition) is 3. The minimum atomic E-state index is -0.254. The Morgan fingerprint density at radius 3 is 2.42 bits per heavy atom. The molecule has 0 aromatic rings. The van der Waals surface area contributed by atoms with Gasteiger partial charge in [0, 0.05) is 13.1 Å². The molecule has 0 unspecified atom stereocenters. The van der Waals surface area contributed by atoms with Crippen molar-refractivity contribution >= 4 is 6.09 Å². The van der Waals surface area contributed by atoms with Gasteiger partial charge in [-0.15, -0.1) is 0 Å². The van der Waals surface area contributed by atoms with Gasteiger partial charge in [0.1, 0.15) is 0 Å². The molecular weight excluding hydrogens is 244 g/mol. The SMILES string of the molecule is CNCCCNCCCCN(CCCN)C(=O)OC. The van der Waals surface area contributed by atoms with Crippen LogP contribution < -0.4 is 16.4 Å². The van der Waals surface area contributed by atoms with Crippen molar-refractivity contribution in [3.05, 3.63) is 0 Å². The Kier molecular flexibility index (Phi) is 13.0. The minimum absolute atomic E-state index is 0.254. The normalized spacial score (nSPS) is 10.5. The molecule has 1 amide bonds. The molecule has 0 saturated carbocycles. The molecule has 0 fully saturated rings. The average molecular weight is 274 g/mol. The van der Waals surface area contributed by atoms with Crippen LogP contribution in [-0.2, 0) is 4.74 Å². The van der Waals surface area contributed by atoms with Crippen LogP contribution in [0.5, 0.6) is 0 Å². The van der Waals surface area contributed by atoms with Gasteiger partial charge in [-0.25, -0.2) is 4.79 Å². The summed E-state index contributed by atoms with van der Waals surface area (Å²) in [5.41, 5.74) is 5.46. The van der Waals surface area contributed by atoms with E-state index in [0.29, 0.717) is 13.1 Å². The number of carbonyl (C=O) groups is 1. The van der Waals surface area contributed by atoms with Gasteiger partial charge in [0.25, 0.3) is 0 Å². The van der Waals surface area contributed by atoms with Crippen molar-refractivity contribution in [3.8, 4) is 0 Å². The first-order valence-corrected chi connectivity index (χ1v) is 7.14. The summed E-state index contributed by atoms with van der Waals surface area (Å²) in [7, 11) is 3.38. The molecule has 0 aliphatic rings. The van der Waals surface area contributed by atoms with Crippen LogP contribution >= 0.6 is 0 Å².